The van der Waals surface area contributed by atoms with Gasteiger partial charge in [-0.25, -0.2) is 0 Å². The van der Waals surface area contributed by atoms with Crippen LogP contribution in [0.2, 0.25) is 0 Å². The number of nitrogens with zero attached hydrogens (tertiary/aromatic N) is 2. The minimum atomic E-state index is -0.193. The zero-order valence-corrected chi connectivity index (χ0v) is 11.6. The number of hydrogen-bond acceptors (Lipinski definition) is 3. The van der Waals surface area contributed by atoms with Crippen molar-refractivity contribution in [3.8, 4) is 6.07 Å². The third kappa shape index (κ3) is 5.52. The van der Waals surface area contributed by atoms with E-state index in [2.05, 4.69) is 23.2 Å². The van der Waals surface area contributed by atoms with Gasteiger partial charge in [0.05, 0.1) is 11.5 Å². The van der Waals surface area contributed by atoms with Crippen LogP contribution in [0.5, 0.6) is 0 Å². The molecule has 3 heteroatoms. The normalized spacial score (nSPS) is 19.9. The molecule has 0 spiro atoms. The summed E-state index contributed by atoms with van der Waals surface area (Å²) < 4.78 is 0. The number of nitriles is 1. The maximum absolute atomic E-state index is 8.92. The topological polar surface area (TPSA) is 39.1 Å². The average Bonchev–Trinajstić information content (AvgIpc) is 2.35. The quantitative estimate of drug-likeness (QED) is 0.721. The summed E-state index contributed by atoms with van der Waals surface area (Å²) in [6.45, 7) is 10.8. The molecule has 0 aliphatic carbocycles. The van der Waals surface area contributed by atoms with E-state index in [4.69, 9.17) is 5.26 Å². The number of hydrogen-bond donors (Lipinski definition) is 1. The van der Waals surface area contributed by atoms with Crippen LogP contribution < -0.4 is 5.32 Å². The molecule has 17 heavy (non-hydrogen) atoms. The molecule has 0 aromatic heterocycles. The summed E-state index contributed by atoms with van der Waals surface area (Å²) >= 11 is 0. The van der Waals surface area contributed by atoms with E-state index in [1.165, 1.54) is 32.4 Å². The van der Waals surface area contributed by atoms with Crippen LogP contribution in [0.1, 0.15) is 46.5 Å². The molecule has 1 atom stereocenters. The predicted molar refractivity (Wildman–Crippen MR) is 71.8 cm³/mol. The summed E-state index contributed by atoms with van der Waals surface area (Å²) in [5.41, 5.74) is -0.193. The summed E-state index contributed by atoms with van der Waals surface area (Å²) in [5, 5.41) is 12.4. The molecular formula is C14H27N3. The Morgan fingerprint density at radius 2 is 1.94 bits per heavy atom. The second kappa shape index (κ2) is 6.98. The van der Waals surface area contributed by atoms with E-state index in [0.29, 0.717) is 6.04 Å². The monoisotopic (exact) mass is 237 g/mol. The molecule has 0 aromatic rings. The molecule has 3 nitrogen and oxygen atoms in total. The fourth-order valence-electron chi connectivity index (χ4n) is 2.26. The minimum absolute atomic E-state index is 0.193. The van der Waals surface area contributed by atoms with E-state index < -0.39 is 0 Å². The van der Waals surface area contributed by atoms with Gasteiger partial charge in [-0.3, -0.25) is 4.90 Å². The minimum Gasteiger partial charge on any atom is -0.315 e. The fraction of sp³-hybridized carbons (Fsp3) is 0.929. The number of rotatable bonds is 6. The van der Waals surface area contributed by atoms with Gasteiger partial charge in [0.2, 0.25) is 0 Å². The predicted octanol–water partition coefficient (Wildman–Crippen LogP) is 2.39. The van der Waals surface area contributed by atoms with Gasteiger partial charge in [0.25, 0.3) is 0 Å². The molecule has 1 saturated heterocycles. The highest BCUT2D eigenvalue weighted by molar-refractivity contribution is 4.91. The van der Waals surface area contributed by atoms with Crippen molar-refractivity contribution in [2.24, 2.45) is 5.41 Å². The average molecular weight is 237 g/mol. The molecular weight excluding hydrogens is 210 g/mol. The Labute approximate surface area is 106 Å². The van der Waals surface area contributed by atoms with Crippen LogP contribution in [0.3, 0.4) is 0 Å². The lowest BCUT2D eigenvalue weighted by Gasteiger charge is -2.32. The molecule has 0 radical (unpaired) electrons. The highest BCUT2D eigenvalue weighted by atomic mass is 15.2. The van der Waals surface area contributed by atoms with Crippen molar-refractivity contribution in [1.29, 1.82) is 5.26 Å². The van der Waals surface area contributed by atoms with Gasteiger partial charge in [0, 0.05) is 12.6 Å². The first kappa shape index (κ1) is 14.5. The van der Waals surface area contributed by atoms with E-state index in [0.717, 1.165) is 19.5 Å². The molecule has 0 amide bonds. The van der Waals surface area contributed by atoms with Crippen molar-refractivity contribution >= 4 is 0 Å². The molecule has 1 rings (SSSR count). The Balaban J connectivity index is 2.11. The second-order valence-corrected chi connectivity index (χ2v) is 5.90. The number of likely N-dealkylation sites (tertiary alicyclic amines) is 1. The van der Waals surface area contributed by atoms with Crippen molar-refractivity contribution < 1.29 is 0 Å². The number of nitrogens with one attached hydrogen (secondary N) is 1. The molecule has 1 fully saturated rings. The third-order valence-electron chi connectivity index (χ3n) is 3.68. The maximum Gasteiger partial charge on any atom is 0.0684 e. The first-order valence-corrected chi connectivity index (χ1v) is 6.91. The molecule has 1 N–H and O–H groups in total. The van der Waals surface area contributed by atoms with Crippen molar-refractivity contribution in [2.45, 2.75) is 52.5 Å². The van der Waals surface area contributed by atoms with Crippen LogP contribution in [-0.2, 0) is 0 Å². The van der Waals surface area contributed by atoms with E-state index in [1.807, 2.05) is 13.8 Å². The van der Waals surface area contributed by atoms with Crippen LogP contribution in [-0.4, -0.2) is 37.1 Å². The molecule has 1 heterocycles. The maximum atomic E-state index is 8.92. The van der Waals surface area contributed by atoms with E-state index in [9.17, 15) is 0 Å². The highest BCUT2D eigenvalue weighted by Crippen LogP contribution is 2.17. The first-order chi connectivity index (χ1) is 8.05. The van der Waals surface area contributed by atoms with Gasteiger partial charge < -0.3 is 5.32 Å². The SMILES string of the molecule is CC(CNCCC(C)(C)C#N)N1CCCCC1. The van der Waals surface area contributed by atoms with E-state index in [-0.39, 0.29) is 5.41 Å². The molecule has 98 valence electrons. The van der Waals surface area contributed by atoms with Crippen molar-refractivity contribution in [1.82, 2.24) is 10.2 Å². The molecule has 1 unspecified atom stereocenters. The van der Waals surface area contributed by atoms with Gasteiger partial charge in [-0.2, -0.15) is 5.26 Å². The highest BCUT2D eigenvalue weighted by Gasteiger charge is 2.18. The van der Waals surface area contributed by atoms with Gasteiger partial charge in [0.1, 0.15) is 0 Å². The number of piperidine rings is 1. The Morgan fingerprint density at radius 3 is 2.53 bits per heavy atom. The standard InChI is InChI=1S/C14H27N3/c1-13(17-9-5-4-6-10-17)11-16-8-7-14(2,3)12-15/h13,16H,4-11H2,1-3H3. The molecule has 1 aliphatic rings. The lowest BCUT2D eigenvalue weighted by Crippen LogP contribution is -2.43. The smallest absolute Gasteiger partial charge is 0.0684 e. The van der Waals surface area contributed by atoms with Crippen LogP contribution in [0.25, 0.3) is 0 Å². The van der Waals surface area contributed by atoms with Crippen LogP contribution >= 0.6 is 0 Å². The van der Waals surface area contributed by atoms with Crippen molar-refractivity contribution in [3.63, 3.8) is 0 Å². The summed E-state index contributed by atoms with van der Waals surface area (Å²) in [4.78, 5) is 2.58. The van der Waals surface area contributed by atoms with Gasteiger partial charge in [0.15, 0.2) is 0 Å². The Morgan fingerprint density at radius 1 is 1.29 bits per heavy atom. The van der Waals surface area contributed by atoms with Crippen LogP contribution in [0.4, 0.5) is 0 Å². The largest absolute Gasteiger partial charge is 0.315 e. The summed E-state index contributed by atoms with van der Waals surface area (Å²) in [6.07, 6.45) is 5.03. The summed E-state index contributed by atoms with van der Waals surface area (Å²) in [5.74, 6) is 0. The first-order valence-electron chi connectivity index (χ1n) is 6.91. The zero-order chi connectivity index (χ0) is 12.7. The molecule has 0 aromatic carbocycles. The Hall–Kier alpha value is -0.590. The second-order valence-electron chi connectivity index (χ2n) is 5.90. The fourth-order valence-corrected chi connectivity index (χ4v) is 2.26. The van der Waals surface area contributed by atoms with E-state index >= 15 is 0 Å². The third-order valence-corrected chi connectivity index (χ3v) is 3.68. The zero-order valence-electron chi connectivity index (χ0n) is 11.6. The van der Waals surface area contributed by atoms with Gasteiger partial charge in [-0.15, -0.1) is 0 Å². The Kier molecular flexibility index (Phi) is 5.94. The van der Waals surface area contributed by atoms with E-state index in [1.54, 1.807) is 0 Å². The molecule has 0 saturated carbocycles. The lowest BCUT2D eigenvalue weighted by atomic mass is 9.91. The van der Waals surface area contributed by atoms with Gasteiger partial charge in [-0.1, -0.05) is 6.42 Å². The van der Waals surface area contributed by atoms with Crippen molar-refractivity contribution in [2.75, 3.05) is 26.2 Å². The van der Waals surface area contributed by atoms with Gasteiger partial charge >= 0.3 is 0 Å². The molecule has 1 aliphatic heterocycles. The van der Waals surface area contributed by atoms with Gasteiger partial charge in [-0.05, 0) is 59.7 Å². The molecule has 0 bridgehead atoms. The summed E-state index contributed by atoms with van der Waals surface area (Å²) in [7, 11) is 0. The van der Waals surface area contributed by atoms with Crippen LogP contribution in [0, 0.1) is 16.7 Å². The van der Waals surface area contributed by atoms with Crippen LogP contribution in [0.15, 0.2) is 0 Å². The Bertz CT molecular complexity index is 249. The van der Waals surface area contributed by atoms with Crippen molar-refractivity contribution in [3.05, 3.63) is 0 Å². The lowest BCUT2D eigenvalue weighted by molar-refractivity contribution is 0.170. The summed E-state index contributed by atoms with van der Waals surface area (Å²) in [6, 6.07) is 2.97.